The Bertz CT molecular complexity index is 285. The van der Waals surface area contributed by atoms with Crippen molar-refractivity contribution in [1.29, 1.82) is 0 Å². The second-order valence-corrected chi connectivity index (χ2v) is 3.70. The van der Waals surface area contributed by atoms with Crippen LogP contribution in [-0.2, 0) is 0 Å². The third-order valence-corrected chi connectivity index (χ3v) is 2.53. The van der Waals surface area contributed by atoms with Crippen LogP contribution < -0.4 is 10.6 Å². The summed E-state index contributed by atoms with van der Waals surface area (Å²) in [6.07, 6.45) is 0. The van der Waals surface area contributed by atoms with Gasteiger partial charge in [0, 0.05) is 30.7 Å². The summed E-state index contributed by atoms with van der Waals surface area (Å²) in [6.45, 7) is 3.06. The number of halogens is 2. The standard InChI is InChI=1S/C10H13ClN2.ClH/c11-9-3-1-2-8(6-9)10-7-12-4-5-13-10;/h1-3,6,10,12-13H,4-5,7H2;1H/t10-;/m0./s1. The van der Waals surface area contributed by atoms with E-state index in [1.807, 2.05) is 18.2 Å². The fourth-order valence-corrected chi connectivity index (χ4v) is 1.81. The van der Waals surface area contributed by atoms with E-state index < -0.39 is 0 Å². The highest BCUT2D eigenvalue weighted by molar-refractivity contribution is 6.30. The Morgan fingerprint density at radius 1 is 1.29 bits per heavy atom. The van der Waals surface area contributed by atoms with Crippen LogP contribution in [0.3, 0.4) is 0 Å². The summed E-state index contributed by atoms with van der Waals surface area (Å²) in [7, 11) is 0. The van der Waals surface area contributed by atoms with Gasteiger partial charge < -0.3 is 10.6 Å². The predicted molar refractivity (Wildman–Crippen MR) is 62.3 cm³/mol. The summed E-state index contributed by atoms with van der Waals surface area (Å²) in [5.41, 5.74) is 1.26. The van der Waals surface area contributed by atoms with Crippen molar-refractivity contribution in [3.05, 3.63) is 34.9 Å². The molecular weight excluding hydrogens is 219 g/mol. The fraction of sp³-hybridized carbons (Fsp3) is 0.400. The molecule has 1 aliphatic rings. The molecule has 0 unspecified atom stereocenters. The zero-order valence-electron chi connectivity index (χ0n) is 7.79. The van der Waals surface area contributed by atoms with Gasteiger partial charge in [-0.05, 0) is 17.7 Å². The minimum atomic E-state index is 0. The van der Waals surface area contributed by atoms with Gasteiger partial charge in [0.15, 0.2) is 0 Å². The van der Waals surface area contributed by atoms with Crippen LogP contribution in [0, 0.1) is 0 Å². The molecular formula is C10H14Cl2N2. The number of hydrogen-bond acceptors (Lipinski definition) is 2. The van der Waals surface area contributed by atoms with Crippen LogP contribution in [0.1, 0.15) is 11.6 Å². The maximum atomic E-state index is 5.92. The SMILES string of the molecule is Cl.Clc1cccc([C@@H]2CNCCN2)c1. The highest BCUT2D eigenvalue weighted by Gasteiger charge is 2.13. The molecule has 2 nitrogen and oxygen atoms in total. The summed E-state index contributed by atoms with van der Waals surface area (Å²) in [6, 6.07) is 8.44. The van der Waals surface area contributed by atoms with Gasteiger partial charge in [0.2, 0.25) is 0 Å². The van der Waals surface area contributed by atoms with Crippen LogP contribution in [-0.4, -0.2) is 19.6 Å². The van der Waals surface area contributed by atoms with Crippen molar-refractivity contribution < 1.29 is 0 Å². The van der Waals surface area contributed by atoms with Crippen LogP contribution in [0.2, 0.25) is 5.02 Å². The number of piperazine rings is 1. The summed E-state index contributed by atoms with van der Waals surface area (Å²) in [5.74, 6) is 0. The molecule has 0 saturated carbocycles. The molecule has 1 aromatic rings. The first kappa shape index (κ1) is 11.8. The van der Waals surface area contributed by atoms with E-state index in [0.717, 1.165) is 24.7 Å². The van der Waals surface area contributed by atoms with Crippen molar-refractivity contribution in [3.8, 4) is 0 Å². The van der Waals surface area contributed by atoms with Crippen molar-refractivity contribution in [1.82, 2.24) is 10.6 Å². The van der Waals surface area contributed by atoms with Gasteiger partial charge in [0.05, 0.1) is 0 Å². The van der Waals surface area contributed by atoms with Crippen molar-refractivity contribution in [2.75, 3.05) is 19.6 Å². The lowest BCUT2D eigenvalue weighted by atomic mass is 10.1. The normalized spacial score (nSPS) is 21.4. The Hall–Kier alpha value is -0.280. The maximum Gasteiger partial charge on any atom is 0.0447 e. The number of benzene rings is 1. The molecule has 0 aromatic heterocycles. The fourth-order valence-electron chi connectivity index (χ4n) is 1.61. The number of rotatable bonds is 1. The Kier molecular flexibility index (Phi) is 4.69. The van der Waals surface area contributed by atoms with E-state index in [1.165, 1.54) is 5.56 Å². The Morgan fingerprint density at radius 3 is 2.79 bits per heavy atom. The first-order valence-electron chi connectivity index (χ1n) is 4.56. The van der Waals surface area contributed by atoms with E-state index in [2.05, 4.69) is 16.7 Å². The molecule has 2 N–H and O–H groups in total. The Morgan fingerprint density at radius 2 is 2.14 bits per heavy atom. The number of nitrogens with one attached hydrogen (secondary N) is 2. The van der Waals surface area contributed by atoms with Crippen molar-refractivity contribution >= 4 is 24.0 Å². The third-order valence-electron chi connectivity index (χ3n) is 2.29. The zero-order valence-corrected chi connectivity index (χ0v) is 9.37. The molecule has 2 rings (SSSR count). The molecule has 14 heavy (non-hydrogen) atoms. The van der Waals surface area contributed by atoms with E-state index in [4.69, 9.17) is 11.6 Å². The van der Waals surface area contributed by atoms with Gasteiger partial charge in [0.25, 0.3) is 0 Å². The first-order valence-corrected chi connectivity index (χ1v) is 4.93. The largest absolute Gasteiger partial charge is 0.314 e. The highest BCUT2D eigenvalue weighted by Crippen LogP contribution is 2.17. The van der Waals surface area contributed by atoms with E-state index in [-0.39, 0.29) is 12.4 Å². The van der Waals surface area contributed by atoms with E-state index in [0.29, 0.717) is 6.04 Å². The smallest absolute Gasteiger partial charge is 0.0447 e. The molecule has 1 fully saturated rings. The summed E-state index contributed by atoms with van der Waals surface area (Å²) >= 11 is 5.92. The van der Waals surface area contributed by atoms with Gasteiger partial charge in [-0.25, -0.2) is 0 Å². The molecule has 1 aromatic carbocycles. The van der Waals surface area contributed by atoms with Gasteiger partial charge in [-0.2, -0.15) is 0 Å². The molecule has 78 valence electrons. The average Bonchev–Trinajstić information content (AvgIpc) is 2.19. The molecule has 1 atom stereocenters. The average molecular weight is 233 g/mol. The molecule has 0 spiro atoms. The lowest BCUT2D eigenvalue weighted by Crippen LogP contribution is -2.42. The lowest BCUT2D eigenvalue weighted by Gasteiger charge is -2.24. The van der Waals surface area contributed by atoms with Gasteiger partial charge in [-0.3, -0.25) is 0 Å². The molecule has 4 heteroatoms. The van der Waals surface area contributed by atoms with Gasteiger partial charge in [-0.15, -0.1) is 12.4 Å². The quantitative estimate of drug-likeness (QED) is 0.775. The van der Waals surface area contributed by atoms with Crippen molar-refractivity contribution in [2.24, 2.45) is 0 Å². The summed E-state index contributed by atoms with van der Waals surface area (Å²) in [5, 5.41) is 7.60. The van der Waals surface area contributed by atoms with Crippen molar-refractivity contribution in [2.45, 2.75) is 6.04 Å². The van der Waals surface area contributed by atoms with Crippen molar-refractivity contribution in [3.63, 3.8) is 0 Å². The van der Waals surface area contributed by atoms with Crippen LogP contribution in [0.25, 0.3) is 0 Å². The van der Waals surface area contributed by atoms with Gasteiger partial charge in [0.1, 0.15) is 0 Å². The molecule has 0 radical (unpaired) electrons. The molecule has 0 amide bonds. The van der Waals surface area contributed by atoms with Crippen LogP contribution >= 0.6 is 24.0 Å². The second kappa shape index (κ2) is 5.56. The first-order chi connectivity index (χ1) is 6.36. The predicted octanol–water partition coefficient (Wildman–Crippen LogP) is 2.00. The van der Waals surface area contributed by atoms with Crippen LogP contribution in [0.15, 0.2) is 24.3 Å². The Labute approximate surface area is 95.4 Å². The van der Waals surface area contributed by atoms with E-state index >= 15 is 0 Å². The van der Waals surface area contributed by atoms with Gasteiger partial charge >= 0.3 is 0 Å². The molecule has 0 bridgehead atoms. The minimum Gasteiger partial charge on any atom is -0.314 e. The zero-order chi connectivity index (χ0) is 9.10. The summed E-state index contributed by atoms with van der Waals surface area (Å²) < 4.78 is 0. The molecule has 1 heterocycles. The number of hydrogen-bond donors (Lipinski definition) is 2. The summed E-state index contributed by atoms with van der Waals surface area (Å²) in [4.78, 5) is 0. The molecule has 0 aliphatic carbocycles. The Balaban J connectivity index is 0.000000980. The van der Waals surface area contributed by atoms with E-state index in [9.17, 15) is 0 Å². The lowest BCUT2D eigenvalue weighted by molar-refractivity contribution is 0.430. The monoisotopic (exact) mass is 232 g/mol. The molecule has 1 aliphatic heterocycles. The topological polar surface area (TPSA) is 24.1 Å². The highest BCUT2D eigenvalue weighted by atomic mass is 35.5. The van der Waals surface area contributed by atoms with E-state index in [1.54, 1.807) is 0 Å². The van der Waals surface area contributed by atoms with Crippen LogP contribution in [0.4, 0.5) is 0 Å². The minimum absolute atomic E-state index is 0. The molecule has 1 saturated heterocycles. The third kappa shape index (κ3) is 2.85. The van der Waals surface area contributed by atoms with Gasteiger partial charge in [-0.1, -0.05) is 23.7 Å². The second-order valence-electron chi connectivity index (χ2n) is 3.27. The van der Waals surface area contributed by atoms with Crippen LogP contribution in [0.5, 0.6) is 0 Å². The maximum absolute atomic E-state index is 5.92.